The van der Waals surface area contributed by atoms with E-state index in [-0.39, 0.29) is 42.1 Å². The molecule has 0 saturated carbocycles. The van der Waals surface area contributed by atoms with Crippen molar-refractivity contribution in [3.8, 4) is 17.6 Å². The average Bonchev–Trinajstić information content (AvgIpc) is 3.39. The lowest BCUT2D eigenvalue weighted by Gasteiger charge is -2.27. The van der Waals surface area contributed by atoms with E-state index in [9.17, 15) is 14.4 Å². The number of nitrogens with zero attached hydrogens (tertiary/aromatic N) is 6. The van der Waals surface area contributed by atoms with Gasteiger partial charge in [-0.25, -0.2) is 19.0 Å². The van der Waals surface area contributed by atoms with Gasteiger partial charge in [0.1, 0.15) is 17.4 Å². The number of hydrogen-bond acceptors (Lipinski definition) is 11. The van der Waals surface area contributed by atoms with Gasteiger partial charge in [-0.3, -0.25) is 4.79 Å². The number of esters is 1. The van der Waals surface area contributed by atoms with E-state index in [0.717, 1.165) is 6.07 Å². The Kier molecular flexibility index (Phi) is 9.14. The first-order valence-corrected chi connectivity index (χ1v) is 11.8. The topological polar surface area (TPSA) is 149 Å². The molecule has 38 heavy (non-hydrogen) atoms. The highest BCUT2D eigenvalue weighted by Crippen LogP contribution is 2.28. The van der Waals surface area contributed by atoms with Gasteiger partial charge in [-0.2, -0.15) is 5.26 Å². The Morgan fingerprint density at radius 3 is 2.63 bits per heavy atom. The standard InChI is InChI=1S/C25H31FN8O4/c1-15(9-21(35)38-25(2,3)4)19(14-36-5)31-23-18(26)10-16(12-27)22(32-23)30-17-11-20(24(37-6)28-13-17)34-8-7-29-33-34/h7-8,10-11,13,15,19H,9,14H2,1-6H3,(H2,30,31,32)/t15-,19-/m1/s1. The molecule has 202 valence electrons. The molecule has 0 unspecified atom stereocenters. The molecule has 0 spiro atoms. The van der Waals surface area contributed by atoms with E-state index in [1.807, 2.05) is 13.0 Å². The SMILES string of the molecule is COC[C@@H](Nc1nc(Nc2cnc(OC)c(-n3ccnn3)c2)c(C#N)cc1F)[C@H](C)CC(=O)OC(C)(C)C. The summed E-state index contributed by atoms with van der Waals surface area (Å²) >= 11 is 0. The first-order chi connectivity index (χ1) is 18.0. The molecule has 0 saturated heterocycles. The zero-order valence-corrected chi connectivity index (χ0v) is 22.1. The Labute approximate surface area is 220 Å². The third-order valence-corrected chi connectivity index (χ3v) is 5.32. The largest absolute Gasteiger partial charge is 0.479 e. The number of ether oxygens (including phenoxy) is 3. The molecule has 3 rings (SSSR count). The van der Waals surface area contributed by atoms with Crippen LogP contribution in [-0.4, -0.2) is 63.4 Å². The number of halogens is 1. The van der Waals surface area contributed by atoms with E-state index in [1.54, 1.807) is 33.0 Å². The van der Waals surface area contributed by atoms with Crippen molar-refractivity contribution < 1.29 is 23.4 Å². The van der Waals surface area contributed by atoms with E-state index in [1.165, 1.54) is 31.3 Å². The van der Waals surface area contributed by atoms with Crippen molar-refractivity contribution in [1.82, 2.24) is 25.0 Å². The molecule has 0 aromatic carbocycles. The molecule has 3 aromatic rings. The summed E-state index contributed by atoms with van der Waals surface area (Å²) in [5.74, 6) is -1.09. The number of methoxy groups -OCH3 is 2. The van der Waals surface area contributed by atoms with Crippen LogP contribution in [-0.2, 0) is 14.3 Å². The van der Waals surface area contributed by atoms with E-state index in [0.29, 0.717) is 17.3 Å². The molecule has 0 aliphatic heterocycles. The van der Waals surface area contributed by atoms with Crippen LogP contribution < -0.4 is 15.4 Å². The van der Waals surface area contributed by atoms with E-state index < -0.39 is 17.5 Å². The lowest BCUT2D eigenvalue weighted by atomic mass is 9.98. The number of rotatable bonds is 11. The van der Waals surface area contributed by atoms with Crippen molar-refractivity contribution in [3.05, 3.63) is 42.1 Å². The summed E-state index contributed by atoms with van der Waals surface area (Å²) < 4.78 is 32.4. The van der Waals surface area contributed by atoms with Crippen LogP contribution in [0.4, 0.5) is 21.7 Å². The van der Waals surface area contributed by atoms with Crippen LogP contribution in [0.2, 0.25) is 0 Å². The van der Waals surface area contributed by atoms with Crippen LogP contribution >= 0.6 is 0 Å². The summed E-state index contributed by atoms with van der Waals surface area (Å²) in [7, 11) is 2.98. The minimum absolute atomic E-state index is 0.0173. The zero-order valence-electron chi connectivity index (χ0n) is 22.1. The van der Waals surface area contributed by atoms with Gasteiger partial charge >= 0.3 is 5.97 Å². The minimum atomic E-state index is -0.728. The van der Waals surface area contributed by atoms with Gasteiger partial charge in [0.25, 0.3) is 0 Å². The minimum Gasteiger partial charge on any atom is -0.479 e. The Bertz CT molecular complexity index is 1290. The van der Waals surface area contributed by atoms with Gasteiger partial charge in [0.05, 0.1) is 56.0 Å². The van der Waals surface area contributed by atoms with Gasteiger partial charge in [-0.1, -0.05) is 12.1 Å². The summed E-state index contributed by atoms with van der Waals surface area (Å²) in [5.41, 5.74) is 0.304. The quantitative estimate of drug-likeness (QED) is 0.353. The highest BCUT2D eigenvalue weighted by molar-refractivity contribution is 5.70. The van der Waals surface area contributed by atoms with E-state index >= 15 is 0 Å². The summed E-state index contributed by atoms with van der Waals surface area (Å²) in [5, 5.41) is 23.4. The number of nitrogens with one attached hydrogen (secondary N) is 2. The van der Waals surface area contributed by atoms with E-state index in [2.05, 4.69) is 30.9 Å². The van der Waals surface area contributed by atoms with Crippen LogP contribution in [0.3, 0.4) is 0 Å². The molecule has 0 fully saturated rings. The van der Waals surface area contributed by atoms with Crippen LogP contribution in [0.25, 0.3) is 5.69 Å². The second-order valence-corrected chi connectivity index (χ2v) is 9.53. The molecule has 3 aromatic heterocycles. The third-order valence-electron chi connectivity index (χ3n) is 5.32. The first-order valence-electron chi connectivity index (χ1n) is 11.8. The van der Waals surface area contributed by atoms with Crippen LogP contribution in [0.15, 0.2) is 30.7 Å². The van der Waals surface area contributed by atoms with Gasteiger partial charge in [-0.05, 0) is 38.8 Å². The summed E-state index contributed by atoms with van der Waals surface area (Å²) in [4.78, 5) is 20.9. The maximum atomic E-state index is 15.0. The lowest BCUT2D eigenvalue weighted by Crippen LogP contribution is -2.35. The predicted molar refractivity (Wildman–Crippen MR) is 137 cm³/mol. The molecule has 0 aliphatic rings. The maximum absolute atomic E-state index is 15.0. The number of carbonyl (C=O) groups excluding carboxylic acids is 1. The molecule has 2 N–H and O–H groups in total. The van der Waals surface area contributed by atoms with Crippen LogP contribution in [0.1, 0.15) is 39.7 Å². The zero-order chi connectivity index (χ0) is 27.9. The fraction of sp³-hybridized carbons (Fsp3) is 0.440. The second kappa shape index (κ2) is 12.3. The Hall–Kier alpha value is -4.31. The Morgan fingerprint density at radius 1 is 1.26 bits per heavy atom. The molecular formula is C25H31FN8O4. The third kappa shape index (κ3) is 7.36. The second-order valence-electron chi connectivity index (χ2n) is 9.53. The molecule has 0 bridgehead atoms. The molecule has 2 atom stereocenters. The van der Waals surface area contributed by atoms with Gasteiger partial charge < -0.3 is 24.8 Å². The van der Waals surface area contributed by atoms with Crippen molar-refractivity contribution in [1.29, 1.82) is 5.26 Å². The van der Waals surface area contributed by atoms with Gasteiger partial charge in [0, 0.05) is 7.11 Å². The molecule has 0 aliphatic carbocycles. The summed E-state index contributed by atoms with van der Waals surface area (Å²) in [6, 6.07) is 4.23. The lowest BCUT2D eigenvalue weighted by molar-refractivity contribution is -0.156. The molecule has 3 heterocycles. The maximum Gasteiger partial charge on any atom is 0.306 e. The Balaban J connectivity index is 1.87. The van der Waals surface area contributed by atoms with Gasteiger partial charge in [0.2, 0.25) is 5.88 Å². The van der Waals surface area contributed by atoms with Gasteiger partial charge in [0.15, 0.2) is 17.5 Å². The van der Waals surface area contributed by atoms with Crippen molar-refractivity contribution in [2.45, 2.75) is 45.8 Å². The number of pyridine rings is 2. The summed E-state index contributed by atoms with van der Waals surface area (Å²) in [6.07, 6.45) is 4.70. The highest BCUT2D eigenvalue weighted by Gasteiger charge is 2.25. The number of hydrogen-bond donors (Lipinski definition) is 2. The molecule has 0 amide bonds. The predicted octanol–water partition coefficient (Wildman–Crippen LogP) is 3.62. The van der Waals surface area contributed by atoms with Gasteiger partial charge in [-0.15, -0.1) is 5.10 Å². The van der Waals surface area contributed by atoms with Crippen molar-refractivity contribution in [2.24, 2.45) is 5.92 Å². The smallest absolute Gasteiger partial charge is 0.306 e. The molecule has 12 nitrogen and oxygen atoms in total. The van der Waals surface area contributed by atoms with Crippen molar-refractivity contribution in [2.75, 3.05) is 31.5 Å². The molecular weight excluding hydrogens is 495 g/mol. The number of anilines is 3. The molecule has 13 heteroatoms. The van der Waals surface area contributed by atoms with Crippen molar-refractivity contribution in [3.63, 3.8) is 0 Å². The van der Waals surface area contributed by atoms with E-state index in [4.69, 9.17) is 14.2 Å². The molecule has 0 radical (unpaired) electrons. The van der Waals surface area contributed by atoms with Crippen LogP contribution in [0.5, 0.6) is 5.88 Å². The average molecular weight is 527 g/mol. The van der Waals surface area contributed by atoms with Crippen LogP contribution in [0, 0.1) is 23.1 Å². The van der Waals surface area contributed by atoms with Crippen molar-refractivity contribution >= 4 is 23.3 Å². The Morgan fingerprint density at radius 2 is 2.03 bits per heavy atom. The number of carbonyl (C=O) groups is 1. The fourth-order valence-corrected chi connectivity index (χ4v) is 3.57. The number of aromatic nitrogens is 5. The first kappa shape index (κ1) is 28.3. The highest BCUT2D eigenvalue weighted by atomic mass is 19.1. The summed E-state index contributed by atoms with van der Waals surface area (Å²) in [6.45, 7) is 7.38. The number of nitriles is 1. The fourth-order valence-electron chi connectivity index (χ4n) is 3.57. The normalized spacial score (nSPS) is 12.8. The monoisotopic (exact) mass is 526 g/mol.